The predicted octanol–water partition coefficient (Wildman–Crippen LogP) is 4.97. The first-order valence-corrected chi connectivity index (χ1v) is 13.1. The summed E-state index contributed by atoms with van der Waals surface area (Å²) < 4.78 is 65.6. The van der Waals surface area contributed by atoms with Gasteiger partial charge in [-0.15, -0.1) is 0 Å². The fourth-order valence-corrected chi connectivity index (χ4v) is 5.20. The van der Waals surface area contributed by atoms with E-state index in [9.17, 15) is 22.0 Å². The molecule has 37 heavy (non-hydrogen) atoms. The number of primary sulfonamides is 1. The van der Waals surface area contributed by atoms with Crippen LogP contribution >= 0.6 is 0 Å². The minimum absolute atomic E-state index is 0.0493. The third-order valence-electron chi connectivity index (χ3n) is 6.15. The van der Waals surface area contributed by atoms with Gasteiger partial charge in [0.1, 0.15) is 17.6 Å². The first-order valence-electron chi connectivity index (χ1n) is 11.4. The smallest absolute Gasteiger partial charge is 0.387 e. The van der Waals surface area contributed by atoms with Gasteiger partial charge in [0.15, 0.2) is 0 Å². The number of sulfonamides is 1. The molecule has 1 unspecified atom stereocenters. The van der Waals surface area contributed by atoms with Crippen molar-refractivity contribution in [2.45, 2.75) is 38.7 Å². The summed E-state index contributed by atoms with van der Waals surface area (Å²) in [6.45, 7) is 0.572. The number of methoxy groups -OCH3 is 1. The third-order valence-corrected chi connectivity index (χ3v) is 6.89. The molecule has 0 radical (unpaired) electrons. The summed E-state index contributed by atoms with van der Waals surface area (Å²) in [5.41, 5.74) is 2.89. The largest absolute Gasteiger partial charge is 0.480 e. The summed E-state index contributed by atoms with van der Waals surface area (Å²) in [5, 5.41) is 5.25. The molecule has 10 heteroatoms. The summed E-state index contributed by atoms with van der Waals surface area (Å²) >= 11 is 0. The highest BCUT2D eigenvalue weighted by Gasteiger charge is 2.32. The Hall–Kier alpha value is -3.50. The van der Waals surface area contributed by atoms with Crippen LogP contribution in [0.1, 0.15) is 42.2 Å². The standard InChI is InChI=1S/C27H27F2NO6S/c1-27(2,25(31)34-3)14-16-7-10-18(11-8-16)24-20-13-17(15-37(30,32)33)9-12-19(20)23-21(35-24)5-4-6-22(23)36-26(28)29/h4-13,24,26H,14-15H2,1-3H3,(H2,30,32,33). The molecule has 0 aromatic heterocycles. The molecule has 0 bridgehead atoms. The summed E-state index contributed by atoms with van der Waals surface area (Å²) in [4.78, 5) is 12.1. The number of fused-ring (bicyclic) bond motifs is 3. The minimum Gasteiger partial charge on any atom is -0.480 e. The second-order valence-corrected chi connectivity index (χ2v) is 11.1. The number of nitrogens with two attached hydrogens (primary N) is 1. The zero-order valence-electron chi connectivity index (χ0n) is 20.5. The van der Waals surface area contributed by atoms with Crippen LogP contribution in [-0.4, -0.2) is 28.1 Å². The van der Waals surface area contributed by atoms with Crippen LogP contribution in [0.25, 0.3) is 11.1 Å². The summed E-state index contributed by atoms with van der Waals surface area (Å²) in [7, 11) is -2.45. The van der Waals surface area contributed by atoms with Crippen molar-refractivity contribution in [2.75, 3.05) is 7.11 Å². The molecule has 1 aliphatic heterocycles. The lowest BCUT2D eigenvalue weighted by atomic mass is 9.84. The maximum Gasteiger partial charge on any atom is 0.387 e. The van der Waals surface area contributed by atoms with E-state index in [4.69, 9.17) is 19.3 Å². The second kappa shape index (κ2) is 10.1. The monoisotopic (exact) mass is 531 g/mol. The number of rotatable bonds is 8. The van der Waals surface area contributed by atoms with Crippen LogP contribution in [0.5, 0.6) is 11.5 Å². The molecule has 1 atom stereocenters. The number of carbonyl (C=O) groups excluding carboxylic acids is 1. The van der Waals surface area contributed by atoms with E-state index in [1.54, 1.807) is 44.2 Å². The van der Waals surface area contributed by atoms with Gasteiger partial charge < -0.3 is 14.2 Å². The van der Waals surface area contributed by atoms with Crippen LogP contribution in [0, 0.1) is 5.41 Å². The molecule has 0 saturated heterocycles. The van der Waals surface area contributed by atoms with E-state index < -0.39 is 33.9 Å². The normalized spacial score (nSPS) is 14.9. The predicted molar refractivity (Wildman–Crippen MR) is 134 cm³/mol. The molecule has 0 aliphatic carbocycles. The van der Waals surface area contributed by atoms with Crippen molar-refractivity contribution in [1.29, 1.82) is 0 Å². The summed E-state index contributed by atoms with van der Waals surface area (Å²) in [6.07, 6.45) is -0.204. The average molecular weight is 532 g/mol. The van der Waals surface area contributed by atoms with Gasteiger partial charge in [-0.25, -0.2) is 13.6 Å². The molecule has 196 valence electrons. The van der Waals surface area contributed by atoms with Crippen LogP contribution in [-0.2, 0) is 31.7 Å². The number of halogens is 2. The Morgan fingerprint density at radius 2 is 1.76 bits per heavy atom. The van der Waals surface area contributed by atoms with Crippen molar-refractivity contribution in [3.8, 4) is 22.6 Å². The Kier molecular flexibility index (Phi) is 7.25. The molecule has 3 aromatic rings. The quantitative estimate of drug-likeness (QED) is 0.412. The number of alkyl halides is 2. The highest BCUT2D eigenvalue weighted by molar-refractivity contribution is 7.88. The van der Waals surface area contributed by atoms with E-state index in [0.717, 1.165) is 11.1 Å². The lowest BCUT2D eigenvalue weighted by Gasteiger charge is -2.31. The second-order valence-electron chi connectivity index (χ2n) is 9.53. The van der Waals surface area contributed by atoms with Gasteiger partial charge in [0, 0.05) is 5.56 Å². The van der Waals surface area contributed by atoms with Crippen LogP contribution in [0.4, 0.5) is 8.78 Å². The molecular formula is C27H27F2NO6S. The van der Waals surface area contributed by atoms with E-state index in [1.807, 2.05) is 24.3 Å². The first-order chi connectivity index (χ1) is 17.4. The fourth-order valence-electron chi connectivity index (χ4n) is 4.55. The number of ether oxygens (including phenoxy) is 3. The number of esters is 1. The van der Waals surface area contributed by atoms with Crippen molar-refractivity contribution < 1.29 is 36.2 Å². The van der Waals surface area contributed by atoms with Gasteiger partial charge >= 0.3 is 12.6 Å². The molecule has 1 heterocycles. The Balaban J connectivity index is 1.77. The zero-order valence-corrected chi connectivity index (χ0v) is 21.3. The number of carbonyl (C=O) groups is 1. The van der Waals surface area contributed by atoms with Crippen LogP contribution in [0.2, 0.25) is 0 Å². The Morgan fingerprint density at radius 1 is 1.08 bits per heavy atom. The van der Waals surface area contributed by atoms with Gasteiger partial charge in [-0.05, 0) is 54.7 Å². The summed E-state index contributed by atoms with van der Waals surface area (Å²) in [5.74, 6) is -0.407. The van der Waals surface area contributed by atoms with Gasteiger partial charge in [-0.3, -0.25) is 4.79 Å². The average Bonchev–Trinajstić information content (AvgIpc) is 2.82. The highest BCUT2D eigenvalue weighted by Crippen LogP contribution is 2.49. The van der Waals surface area contributed by atoms with E-state index in [1.165, 1.54) is 13.2 Å². The van der Waals surface area contributed by atoms with Crippen molar-refractivity contribution >= 4 is 16.0 Å². The molecule has 0 fully saturated rings. The molecule has 0 amide bonds. The van der Waals surface area contributed by atoms with Gasteiger partial charge in [-0.1, -0.05) is 48.5 Å². The number of hydrogen-bond donors (Lipinski definition) is 1. The Bertz CT molecular complexity index is 1420. The van der Waals surface area contributed by atoms with Crippen LogP contribution in [0.15, 0.2) is 60.7 Å². The molecule has 1 aliphatic rings. The summed E-state index contributed by atoms with van der Waals surface area (Å²) in [6, 6.07) is 17.0. The van der Waals surface area contributed by atoms with E-state index in [0.29, 0.717) is 34.4 Å². The van der Waals surface area contributed by atoms with E-state index in [-0.39, 0.29) is 11.7 Å². The first kappa shape index (κ1) is 26.6. The van der Waals surface area contributed by atoms with Gasteiger partial charge in [0.2, 0.25) is 10.0 Å². The lowest BCUT2D eigenvalue weighted by molar-refractivity contribution is -0.150. The zero-order chi connectivity index (χ0) is 27.0. The lowest BCUT2D eigenvalue weighted by Crippen LogP contribution is -2.28. The molecule has 0 saturated carbocycles. The fraction of sp³-hybridized carbons (Fsp3) is 0.296. The molecule has 3 aromatic carbocycles. The van der Waals surface area contributed by atoms with Crippen molar-refractivity contribution in [3.05, 3.63) is 82.9 Å². The highest BCUT2D eigenvalue weighted by atomic mass is 32.2. The molecule has 2 N–H and O–H groups in total. The number of hydrogen-bond acceptors (Lipinski definition) is 6. The van der Waals surface area contributed by atoms with E-state index >= 15 is 0 Å². The third kappa shape index (κ3) is 5.91. The SMILES string of the molecule is COC(=O)C(C)(C)Cc1ccc(C2Oc3cccc(OC(F)F)c3-c3ccc(CS(N)(=O)=O)cc32)cc1. The molecule has 0 spiro atoms. The van der Waals surface area contributed by atoms with Crippen LogP contribution in [0.3, 0.4) is 0 Å². The van der Waals surface area contributed by atoms with Gasteiger partial charge in [-0.2, -0.15) is 8.78 Å². The Morgan fingerprint density at radius 3 is 2.38 bits per heavy atom. The van der Waals surface area contributed by atoms with Gasteiger partial charge in [0.25, 0.3) is 0 Å². The molecule has 7 nitrogen and oxygen atoms in total. The van der Waals surface area contributed by atoms with Gasteiger partial charge in [0.05, 0.1) is 23.8 Å². The van der Waals surface area contributed by atoms with Crippen molar-refractivity contribution in [1.82, 2.24) is 0 Å². The van der Waals surface area contributed by atoms with Crippen molar-refractivity contribution in [3.63, 3.8) is 0 Å². The molecule has 4 rings (SSSR count). The maximum atomic E-state index is 13.1. The maximum absolute atomic E-state index is 13.1. The molecular weight excluding hydrogens is 504 g/mol. The van der Waals surface area contributed by atoms with E-state index in [2.05, 4.69) is 0 Å². The van der Waals surface area contributed by atoms with Crippen LogP contribution < -0.4 is 14.6 Å². The topological polar surface area (TPSA) is 105 Å². The Labute approximate surface area is 214 Å². The number of benzene rings is 3. The van der Waals surface area contributed by atoms with Crippen molar-refractivity contribution in [2.24, 2.45) is 10.6 Å². The minimum atomic E-state index is -3.81.